The number of ether oxygens (including phenoxy) is 1. The molecule has 0 radical (unpaired) electrons. The molecule has 0 aromatic heterocycles. The summed E-state index contributed by atoms with van der Waals surface area (Å²) in [5.74, 6) is -2.70. The Balaban J connectivity index is 1.89. The molecule has 9 nitrogen and oxygen atoms in total. The van der Waals surface area contributed by atoms with Gasteiger partial charge >= 0.3 is 11.9 Å². The molecule has 1 atom stereocenters. The fourth-order valence-corrected chi connectivity index (χ4v) is 5.49. The number of carboxylic acids is 1. The van der Waals surface area contributed by atoms with Crippen molar-refractivity contribution in [3.63, 3.8) is 0 Å². The average molecular weight is 491 g/mol. The van der Waals surface area contributed by atoms with E-state index in [2.05, 4.69) is 4.72 Å². The Hall–Kier alpha value is -2.98. The van der Waals surface area contributed by atoms with Crippen molar-refractivity contribution in [2.24, 2.45) is 0 Å². The number of rotatable bonds is 10. The first-order valence-corrected chi connectivity index (χ1v) is 12.9. The molecule has 1 aliphatic rings. The van der Waals surface area contributed by atoms with Crippen molar-refractivity contribution in [3.05, 3.63) is 42.5 Å². The minimum Gasteiger partial charge on any atom is -0.481 e. The summed E-state index contributed by atoms with van der Waals surface area (Å²) in [4.78, 5) is 38.4. The van der Waals surface area contributed by atoms with Gasteiger partial charge in [0, 0.05) is 6.04 Å². The van der Waals surface area contributed by atoms with E-state index in [9.17, 15) is 27.9 Å². The smallest absolute Gasteiger partial charge is 0.325 e. The Morgan fingerprint density at radius 1 is 1.09 bits per heavy atom. The molecular formula is C24H30N2O7S. The number of esters is 1. The standard InChI is InChI=1S/C24H30N2O7S/c1-2-33-23(29)16-26(19-10-4-3-5-11-19)24(30)21(15-22(27)28)25-34(31,32)20-13-12-17-8-6-7-9-18(17)14-20/h6-9,12-14,19,21,25H,2-5,10-11,15-16H2,1H3,(H,27,28)/t21-/m0/s1. The molecule has 0 bridgehead atoms. The van der Waals surface area contributed by atoms with Gasteiger partial charge in [0.05, 0.1) is 17.9 Å². The topological polar surface area (TPSA) is 130 Å². The van der Waals surface area contributed by atoms with Gasteiger partial charge < -0.3 is 14.7 Å². The van der Waals surface area contributed by atoms with Gasteiger partial charge in [0.1, 0.15) is 12.6 Å². The van der Waals surface area contributed by atoms with Gasteiger partial charge in [-0.1, -0.05) is 49.6 Å². The zero-order valence-electron chi connectivity index (χ0n) is 19.1. The van der Waals surface area contributed by atoms with E-state index in [1.54, 1.807) is 25.1 Å². The summed E-state index contributed by atoms with van der Waals surface area (Å²) in [7, 11) is -4.22. The predicted molar refractivity (Wildman–Crippen MR) is 126 cm³/mol. The van der Waals surface area contributed by atoms with Gasteiger partial charge in [-0.15, -0.1) is 0 Å². The fourth-order valence-electron chi connectivity index (χ4n) is 4.27. The van der Waals surface area contributed by atoms with Crippen LogP contribution in [-0.2, 0) is 29.1 Å². The first-order chi connectivity index (χ1) is 16.2. The molecule has 184 valence electrons. The SMILES string of the molecule is CCOC(=O)CN(C(=O)[C@H](CC(=O)O)NS(=O)(=O)c1ccc2ccccc2c1)C1CCCCC1. The normalized spacial score (nSPS) is 15.6. The van der Waals surface area contributed by atoms with Gasteiger partial charge in [-0.3, -0.25) is 14.4 Å². The summed E-state index contributed by atoms with van der Waals surface area (Å²) in [6, 6.07) is 9.89. The third-order valence-corrected chi connectivity index (χ3v) is 7.38. The fraction of sp³-hybridized carbons (Fsp3) is 0.458. The van der Waals surface area contributed by atoms with Crippen LogP contribution in [0.15, 0.2) is 47.4 Å². The summed E-state index contributed by atoms with van der Waals surface area (Å²) in [6.07, 6.45) is 3.29. The molecule has 0 unspecified atom stereocenters. The minimum absolute atomic E-state index is 0.0796. The number of nitrogens with zero attached hydrogens (tertiary/aromatic N) is 1. The molecule has 1 aliphatic carbocycles. The number of sulfonamides is 1. The summed E-state index contributed by atoms with van der Waals surface area (Å²) in [5.41, 5.74) is 0. The zero-order valence-corrected chi connectivity index (χ0v) is 19.9. The van der Waals surface area contributed by atoms with Crippen LogP contribution in [0.1, 0.15) is 45.4 Å². The Morgan fingerprint density at radius 2 is 1.76 bits per heavy atom. The maximum Gasteiger partial charge on any atom is 0.325 e. The number of fused-ring (bicyclic) bond motifs is 1. The Morgan fingerprint density at radius 3 is 2.41 bits per heavy atom. The third kappa shape index (κ3) is 6.54. The molecule has 2 aromatic rings. The number of benzene rings is 2. The highest BCUT2D eigenvalue weighted by atomic mass is 32.2. The monoisotopic (exact) mass is 490 g/mol. The van der Waals surface area contributed by atoms with Crippen LogP contribution in [-0.4, -0.2) is 61.5 Å². The molecule has 10 heteroatoms. The Labute approximate surface area is 199 Å². The van der Waals surface area contributed by atoms with E-state index in [0.29, 0.717) is 18.2 Å². The largest absolute Gasteiger partial charge is 0.481 e. The van der Waals surface area contributed by atoms with Gasteiger partial charge in [-0.25, -0.2) is 8.42 Å². The summed E-state index contributed by atoms with van der Waals surface area (Å²) in [6.45, 7) is 1.43. The number of hydrogen-bond acceptors (Lipinski definition) is 6. The van der Waals surface area contributed by atoms with E-state index >= 15 is 0 Å². The van der Waals surface area contributed by atoms with Gasteiger partial charge in [-0.2, -0.15) is 4.72 Å². The second-order valence-corrected chi connectivity index (χ2v) is 10.1. The number of carboxylic acid groups (broad SMARTS) is 1. The van der Waals surface area contributed by atoms with E-state index in [0.717, 1.165) is 24.6 Å². The van der Waals surface area contributed by atoms with Crippen LogP contribution in [0.2, 0.25) is 0 Å². The van der Waals surface area contributed by atoms with Crippen molar-refractivity contribution < 1.29 is 32.6 Å². The van der Waals surface area contributed by atoms with Gasteiger partial charge in [0.25, 0.3) is 0 Å². The summed E-state index contributed by atoms with van der Waals surface area (Å²) < 4.78 is 33.5. The van der Waals surface area contributed by atoms with Crippen LogP contribution in [0.3, 0.4) is 0 Å². The Bertz CT molecular complexity index is 1140. The van der Waals surface area contributed by atoms with Crippen molar-refractivity contribution in [3.8, 4) is 0 Å². The van der Waals surface area contributed by atoms with E-state index in [1.165, 1.54) is 17.0 Å². The number of hydrogen-bond donors (Lipinski definition) is 2. The average Bonchev–Trinajstić information content (AvgIpc) is 2.81. The van der Waals surface area contributed by atoms with Crippen molar-refractivity contribution in [1.82, 2.24) is 9.62 Å². The molecule has 3 rings (SSSR count). The molecule has 2 aromatic carbocycles. The molecular weight excluding hydrogens is 460 g/mol. The van der Waals surface area contributed by atoms with Crippen LogP contribution >= 0.6 is 0 Å². The quantitative estimate of drug-likeness (QED) is 0.490. The number of aliphatic carboxylic acids is 1. The first kappa shape index (κ1) is 25.6. The van der Waals surface area contributed by atoms with Crippen LogP contribution in [0.4, 0.5) is 0 Å². The predicted octanol–water partition coefficient (Wildman–Crippen LogP) is 2.69. The molecule has 2 N–H and O–H groups in total. The molecule has 0 saturated heterocycles. The molecule has 34 heavy (non-hydrogen) atoms. The van der Waals surface area contributed by atoms with Crippen molar-refractivity contribution in [2.75, 3.05) is 13.2 Å². The number of nitrogens with one attached hydrogen (secondary N) is 1. The maximum atomic E-state index is 13.5. The summed E-state index contributed by atoms with van der Waals surface area (Å²) in [5, 5.41) is 10.9. The van der Waals surface area contributed by atoms with Crippen LogP contribution < -0.4 is 4.72 Å². The molecule has 1 fully saturated rings. The molecule has 0 aliphatic heterocycles. The van der Waals surface area contributed by atoms with Gasteiger partial charge in [-0.05, 0) is 42.7 Å². The van der Waals surface area contributed by atoms with Crippen molar-refractivity contribution in [1.29, 1.82) is 0 Å². The van der Waals surface area contributed by atoms with Gasteiger partial charge in [0.2, 0.25) is 15.9 Å². The van der Waals surface area contributed by atoms with E-state index in [4.69, 9.17) is 4.74 Å². The minimum atomic E-state index is -4.22. The summed E-state index contributed by atoms with van der Waals surface area (Å²) >= 11 is 0. The third-order valence-electron chi connectivity index (χ3n) is 5.91. The van der Waals surface area contributed by atoms with Crippen LogP contribution in [0.5, 0.6) is 0 Å². The highest BCUT2D eigenvalue weighted by Gasteiger charge is 2.36. The lowest BCUT2D eigenvalue weighted by atomic mass is 9.93. The maximum absolute atomic E-state index is 13.5. The highest BCUT2D eigenvalue weighted by Crippen LogP contribution is 2.24. The van der Waals surface area contributed by atoms with E-state index < -0.39 is 40.3 Å². The van der Waals surface area contributed by atoms with Crippen molar-refractivity contribution >= 4 is 38.6 Å². The lowest BCUT2D eigenvalue weighted by Gasteiger charge is -2.35. The molecule has 0 spiro atoms. The molecule has 1 amide bonds. The van der Waals surface area contributed by atoms with Crippen molar-refractivity contribution in [2.45, 2.75) is 62.4 Å². The van der Waals surface area contributed by atoms with Crippen LogP contribution in [0, 0.1) is 0 Å². The van der Waals surface area contributed by atoms with E-state index in [-0.39, 0.29) is 24.1 Å². The second kappa shape index (κ2) is 11.4. The first-order valence-electron chi connectivity index (χ1n) is 11.4. The lowest BCUT2D eigenvalue weighted by Crippen LogP contribution is -2.54. The number of carbonyl (C=O) groups excluding carboxylic acids is 2. The van der Waals surface area contributed by atoms with Gasteiger partial charge in [0.15, 0.2) is 0 Å². The van der Waals surface area contributed by atoms with Crippen LogP contribution in [0.25, 0.3) is 10.8 Å². The lowest BCUT2D eigenvalue weighted by molar-refractivity contribution is -0.152. The molecule has 1 saturated carbocycles. The van der Waals surface area contributed by atoms with E-state index in [1.807, 2.05) is 12.1 Å². The number of carbonyl (C=O) groups is 3. The highest BCUT2D eigenvalue weighted by molar-refractivity contribution is 7.89. The Kier molecular flexibility index (Phi) is 8.62. The zero-order chi connectivity index (χ0) is 24.7. The second-order valence-electron chi connectivity index (χ2n) is 8.34. The molecule has 0 heterocycles. The number of amides is 1.